The lowest BCUT2D eigenvalue weighted by atomic mass is 10.1. The Morgan fingerprint density at radius 3 is 2.56 bits per heavy atom. The van der Waals surface area contributed by atoms with Crippen molar-refractivity contribution >= 4 is 5.91 Å². The molecule has 88 valence electrons. The first-order valence-corrected chi connectivity index (χ1v) is 5.25. The van der Waals surface area contributed by atoms with Crippen LogP contribution in [-0.4, -0.2) is 24.6 Å². The molecule has 0 aliphatic heterocycles. The minimum atomic E-state index is -0.841. The fourth-order valence-electron chi connectivity index (χ4n) is 1.08. The number of ether oxygens (including phenoxy) is 1. The summed E-state index contributed by atoms with van der Waals surface area (Å²) >= 11 is 0. The second-order valence-electron chi connectivity index (χ2n) is 4.14. The minimum absolute atomic E-state index is 0.177. The van der Waals surface area contributed by atoms with Gasteiger partial charge in [-0.3, -0.25) is 4.79 Å². The van der Waals surface area contributed by atoms with Crippen LogP contribution >= 0.6 is 0 Å². The Balaban J connectivity index is 2.20. The highest BCUT2D eigenvalue weighted by Gasteiger charge is 2.20. The number of para-hydroxylation sites is 1. The molecule has 0 radical (unpaired) electrons. The lowest BCUT2D eigenvalue weighted by molar-refractivity contribution is -0.125. The van der Waals surface area contributed by atoms with Gasteiger partial charge < -0.3 is 15.8 Å². The molecule has 0 atom stereocenters. The van der Waals surface area contributed by atoms with Gasteiger partial charge in [-0.05, 0) is 26.0 Å². The van der Waals surface area contributed by atoms with Gasteiger partial charge in [0.15, 0.2) is 0 Å². The number of carbonyl (C=O) groups excluding carboxylic acids is 1. The lowest BCUT2D eigenvalue weighted by Crippen LogP contribution is -2.49. The number of hydrogen-bond donors (Lipinski definition) is 2. The summed E-state index contributed by atoms with van der Waals surface area (Å²) in [6.45, 7) is 4.22. The Morgan fingerprint density at radius 1 is 1.38 bits per heavy atom. The summed E-state index contributed by atoms with van der Waals surface area (Å²) in [7, 11) is 0. The maximum absolute atomic E-state index is 11.4. The van der Waals surface area contributed by atoms with Gasteiger partial charge in [0.05, 0.1) is 12.1 Å². The Labute approximate surface area is 95.8 Å². The van der Waals surface area contributed by atoms with Crippen LogP contribution < -0.4 is 15.8 Å². The van der Waals surface area contributed by atoms with Gasteiger partial charge in [-0.1, -0.05) is 18.2 Å². The van der Waals surface area contributed by atoms with Gasteiger partial charge in [-0.2, -0.15) is 0 Å². The maximum atomic E-state index is 11.4. The van der Waals surface area contributed by atoms with Crippen LogP contribution in [0.25, 0.3) is 0 Å². The van der Waals surface area contributed by atoms with Crippen molar-refractivity contribution in [1.82, 2.24) is 5.32 Å². The average Bonchev–Trinajstić information content (AvgIpc) is 2.24. The summed E-state index contributed by atoms with van der Waals surface area (Å²) in [6, 6.07) is 9.46. The molecule has 0 heterocycles. The monoisotopic (exact) mass is 222 g/mol. The first-order valence-electron chi connectivity index (χ1n) is 5.25. The molecule has 1 amide bonds. The van der Waals surface area contributed by atoms with Gasteiger partial charge >= 0.3 is 0 Å². The maximum Gasteiger partial charge on any atom is 0.239 e. The molecule has 1 aromatic rings. The summed E-state index contributed by atoms with van der Waals surface area (Å²) in [5.74, 6) is 0.618. The number of nitrogens with one attached hydrogen (secondary N) is 1. The molecule has 0 spiro atoms. The lowest BCUT2D eigenvalue weighted by Gasteiger charge is -2.17. The summed E-state index contributed by atoms with van der Waals surface area (Å²) in [6.07, 6.45) is 0. The first-order chi connectivity index (χ1) is 7.50. The zero-order valence-corrected chi connectivity index (χ0v) is 9.69. The number of amides is 1. The third kappa shape index (κ3) is 4.31. The van der Waals surface area contributed by atoms with Crippen LogP contribution in [0.4, 0.5) is 0 Å². The second kappa shape index (κ2) is 5.51. The molecule has 0 aliphatic rings. The van der Waals surface area contributed by atoms with Gasteiger partial charge in [0, 0.05) is 0 Å². The fourth-order valence-corrected chi connectivity index (χ4v) is 1.08. The quantitative estimate of drug-likeness (QED) is 0.728. The molecule has 0 fully saturated rings. The van der Waals surface area contributed by atoms with E-state index in [1.807, 2.05) is 30.3 Å². The van der Waals surface area contributed by atoms with Crippen molar-refractivity contribution in [2.24, 2.45) is 5.73 Å². The highest BCUT2D eigenvalue weighted by atomic mass is 16.5. The molecule has 0 unspecified atom stereocenters. The zero-order chi connectivity index (χ0) is 12.0. The largest absolute Gasteiger partial charge is 0.492 e. The fraction of sp³-hybridized carbons (Fsp3) is 0.417. The van der Waals surface area contributed by atoms with Crippen molar-refractivity contribution in [3.05, 3.63) is 30.3 Å². The second-order valence-corrected chi connectivity index (χ2v) is 4.14. The molecule has 4 heteroatoms. The molecular weight excluding hydrogens is 204 g/mol. The van der Waals surface area contributed by atoms with Gasteiger partial charge in [0.1, 0.15) is 12.4 Å². The van der Waals surface area contributed by atoms with E-state index < -0.39 is 5.54 Å². The van der Waals surface area contributed by atoms with Crippen LogP contribution in [0.2, 0.25) is 0 Å². The molecule has 1 aromatic carbocycles. The molecular formula is C12H18N2O2. The Bertz CT molecular complexity index is 331. The third-order valence-corrected chi connectivity index (χ3v) is 1.98. The van der Waals surface area contributed by atoms with E-state index in [-0.39, 0.29) is 5.91 Å². The van der Waals surface area contributed by atoms with Gasteiger partial charge in [0.2, 0.25) is 5.91 Å². The molecule has 0 aromatic heterocycles. The van der Waals surface area contributed by atoms with Crippen LogP contribution in [0.1, 0.15) is 13.8 Å². The number of carbonyl (C=O) groups is 1. The van der Waals surface area contributed by atoms with Crippen LogP contribution in [0.15, 0.2) is 30.3 Å². The first kappa shape index (κ1) is 12.5. The van der Waals surface area contributed by atoms with E-state index >= 15 is 0 Å². The van der Waals surface area contributed by atoms with Gasteiger partial charge in [-0.25, -0.2) is 0 Å². The van der Waals surface area contributed by atoms with Crippen molar-refractivity contribution in [3.63, 3.8) is 0 Å². The number of benzene rings is 1. The SMILES string of the molecule is CC(C)(N)C(=O)NCCOc1ccccc1. The highest BCUT2D eigenvalue weighted by molar-refractivity contribution is 5.84. The molecule has 4 nitrogen and oxygen atoms in total. The van der Waals surface area contributed by atoms with Gasteiger partial charge in [-0.15, -0.1) is 0 Å². The van der Waals surface area contributed by atoms with Crippen molar-refractivity contribution in [3.8, 4) is 5.75 Å². The number of rotatable bonds is 5. The Kier molecular flexibility index (Phi) is 4.31. The molecule has 0 saturated carbocycles. The smallest absolute Gasteiger partial charge is 0.239 e. The van der Waals surface area contributed by atoms with Gasteiger partial charge in [0.25, 0.3) is 0 Å². The summed E-state index contributed by atoms with van der Waals surface area (Å²) in [4.78, 5) is 11.4. The van der Waals surface area contributed by atoms with Crippen LogP contribution in [-0.2, 0) is 4.79 Å². The van der Waals surface area contributed by atoms with E-state index in [4.69, 9.17) is 10.5 Å². The Morgan fingerprint density at radius 2 is 2.00 bits per heavy atom. The van der Waals surface area contributed by atoms with Crippen molar-refractivity contribution in [1.29, 1.82) is 0 Å². The predicted octanol–water partition coefficient (Wildman–Crippen LogP) is 0.919. The number of hydrogen-bond acceptors (Lipinski definition) is 3. The van der Waals surface area contributed by atoms with E-state index in [1.165, 1.54) is 0 Å². The van der Waals surface area contributed by atoms with Crippen LogP contribution in [0.5, 0.6) is 5.75 Å². The van der Waals surface area contributed by atoms with E-state index in [9.17, 15) is 4.79 Å². The van der Waals surface area contributed by atoms with Crippen LogP contribution in [0, 0.1) is 0 Å². The van der Waals surface area contributed by atoms with E-state index in [1.54, 1.807) is 13.8 Å². The standard InChI is InChI=1S/C12H18N2O2/c1-12(2,13)11(15)14-8-9-16-10-6-4-3-5-7-10/h3-7H,8-9,13H2,1-2H3,(H,14,15). The summed E-state index contributed by atoms with van der Waals surface area (Å²) in [5.41, 5.74) is 4.78. The molecule has 3 N–H and O–H groups in total. The highest BCUT2D eigenvalue weighted by Crippen LogP contribution is 2.07. The topological polar surface area (TPSA) is 64.4 Å². The minimum Gasteiger partial charge on any atom is -0.492 e. The predicted molar refractivity (Wildman–Crippen MR) is 63.2 cm³/mol. The van der Waals surface area contributed by atoms with E-state index in [0.29, 0.717) is 13.2 Å². The van der Waals surface area contributed by atoms with Crippen LogP contribution in [0.3, 0.4) is 0 Å². The zero-order valence-electron chi connectivity index (χ0n) is 9.69. The van der Waals surface area contributed by atoms with Crippen molar-refractivity contribution < 1.29 is 9.53 Å². The molecule has 0 aliphatic carbocycles. The summed E-state index contributed by atoms with van der Waals surface area (Å²) in [5, 5.41) is 2.70. The average molecular weight is 222 g/mol. The Hall–Kier alpha value is -1.55. The molecule has 0 bridgehead atoms. The number of nitrogens with two attached hydrogens (primary N) is 1. The van der Waals surface area contributed by atoms with Crippen molar-refractivity contribution in [2.75, 3.05) is 13.2 Å². The van der Waals surface area contributed by atoms with E-state index in [2.05, 4.69) is 5.32 Å². The van der Waals surface area contributed by atoms with E-state index in [0.717, 1.165) is 5.75 Å². The molecule has 1 rings (SSSR count). The molecule has 0 saturated heterocycles. The van der Waals surface area contributed by atoms with Crippen molar-refractivity contribution in [2.45, 2.75) is 19.4 Å². The molecule has 16 heavy (non-hydrogen) atoms. The summed E-state index contributed by atoms with van der Waals surface area (Å²) < 4.78 is 5.41. The normalized spacial score (nSPS) is 10.9. The third-order valence-electron chi connectivity index (χ3n) is 1.98.